The minimum Gasteiger partial charge on any atom is -0.466 e. The smallest absolute Gasteiger partial charge is 0.310 e. The highest BCUT2D eigenvalue weighted by Gasteiger charge is 2.27. The first-order chi connectivity index (χ1) is 12.7. The van der Waals surface area contributed by atoms with Gasteiger partial charge in [-0.3, -0.25) is 14.5 Å². The third-order valence-electron chi connectivity index (χ3n) is 5.11. The molecule has 142 valence electrons. The maximum atomic E-state index is 12.3. The molecule has 1 atom stereocenters. The number of esters is 1. The molecule has 2 aliphatic heterocycles. The Kier molecular flexibility index (Phi) is 6.50. The van der Waals surface area contributed by atoms with Crippen LogP contribution in [-0.4, -0.2) is 56.1 Å². The standard InChI is InChI=1S/C20H29N3O3/c1-2-26-20(25)16-6-5-11-22(14-16)15-19(24)21-17-7-9-18(10-8-17)23-12-3-4-13-23/h7-10,16H,2-6,11-15H2,1H3,(H,21,24)/t16-/m0/s1. The molecule has 6 heteroatoms. The third kappa shape index (κ3) is 4.97. The molecule has 2 fully saturated rings. The summed E-state index contributed by atoms with van der Waals surface area (Å²) in [4.78, 5) is 28.7. The Labute approximate surface area is 155 Å². The van der Waals surface area contributed by atoms with E-state index in [1.807, 2.05) is 24.0 Å². The van der Waals surface area contributed by atoms with Crippen LogP contribution in [0.15, 0.2) is 24.3 Å². The fraction of sp³-hybridized carbons (Fsp3) is 0.600. The van der Waals surface area contributed by atoms with Crippen molar-refractivity contribution in [3.8, 4) is 0 Å². The number of rotatable bonds is 6. The van der Waals surface area contributed by atoms with Crippen molar-refractivity contribution < 1.29 is 14.3 Å². The molecule has 0 aromatic heterocycles. The van der Waals surface area contributed by atoms with Crippen molar-refractivity contribution in [2.75, 3.05) is 49.5 Å². The summed E-state index contributed by atoms with van der Waals surface area (Å²) >= 11 is 0. The summed E-state index contributed by atoms with van der Waals surface area (Å²) in [5.74, 6) is -0.296. The highest BCUT2D eigenvalue weighted by Crippen LogP contribution is 2.22. The van der Waals surface area contributed by atoms with Crippen LogP contribution in [-0.2, 0) is 14.3 Å². The normalized spacial score (nSPS) is 20.8. The summed E-state index contributed by atoms with van der Waals surface area (Å²) in [5, 5.41) is 2.96. The van der Waals surface area contributed by atoms with Crippen molar-refractivity contribution >= 4 is 23.3 Å². The van der Waals surface area contributed by atoms with Gasteiger partial charge in [0, 0.05) is 31.0 Å². The zero-order valence-electron chi connectivity index (χ0n) is 15.6. The molecule has 26 heavy (non-hydrogen) atoms. The molecule has 0 bridgehead atoms. The summed E-state index contributed by atoms with van der Waals surface area (Å²) in [7, 11) is 0. The molecular formula is C20H29N3O3. The van der Waals surface area contributed by atoms with Gasteiger partial charge in [0.1, 0.15) is 0 Å². The van der Waals surface area contributed by atoms with Crippen molar-refractivity contribution in [2.45, 2.75) is 32.6 Å². The Hall–Kier alpha value is -2.08. The van der Waals surface area contributed by atoms with E-state index < -0.39 is 0 Å². The molecule has 3 rings (SSSR count). The molecule has 0 unspecified atom stereocenters. The van der Waals surface area contributed by atoms with Gasteiger partial charge in [0.2, 0.25) is 5.91 Å². The molecule has 0 saturated carbocycles. The number of hydrogen-bond donors (Lipinski definition) is 1. The van der Waals surface area contributed by atoms with Gasteiger partial charge in [-0.2, -0.15) is 0 Å². The number of anilines is 2. The fourth-order valence-electron chi connectivity index (χ4n) is 3.79. The van der Waals surface area contributed by atoms with Gasteiger partial charge in [0.05, 0.1) is 19.1 Å². The van der Waals surface area contributed by atoms with Gasteiger partial charge >= 0.3 is 5.97 Å². The first-order valence-corrected chi connectivity index (χ1v) is 9.69. The Morgan fingerprint density at radius 3 is 2.54 bits per heavy atom. The van der Waals surface area contributed by atoms with E-state index in [1.165, 1.54) is 18.5 Å². The molecule has 1 amide bonds. The van der Waals surface area contributed by atoms with Crippen molar-refractivity contribution in [2.24, 2.45) is 5.92 Å². The van der Waals surface area contributed by atoms with Crippen LogP contribution in [0.5, 0.6) is 0 Å². The Morgan fingerprint density at radius 1 is 1.12 bits per heavy atom. The predicted molar refractivity (Wildman–Crippen MR) is 102 cm³/mol. The van der Waals surface area contributed by atoms with Gasteiger partial charge in [-0.25, -0.2) is 0 Å². The average molecular weight is 359 g/mol. The number of piperidine rings is 1. The number of likely N-dealkylation sites (tertiary alicyclic amines) is 1. The van der Waals surface area contributed by atoms with Gasteiger partial charge < -0.3 is 15.0 Å². The number of ether oxygens (including phenoxy) is 1. The van der Waals surface area contributed by atoms with Gasteiger partial charge in [-0.15, -0.1) is 0 Å². The van der Waals surface area contributed by atoms with E-state index in [0.29, 0.717) is 19.7 Å². The van der Waals surface area contributed by atoms with E-state index >= 15 is 0 Å². The first-order valence-electron chi connectivity index (χ1n) is 9.69. The number of benzene rings is 1. The quantitative estimate of drug-likeness (QED) is 0.791. The molecular weight excluding hydrogens is 330 g/mol. The highest BCUT2D eigenvalue weighted by atomic mass is 16.5. The van der Waals surface area contributed by atoms with Crippen LogP contribution in [0.4, 0.5) is 11.4 Å². The lowest BCUT2D eigenvalue weighted by molar-refractivity contribution is -0.150. The van der Waals surface area contributed by atoms with E-state index in [4.69, 9.17) is 4.74 Å². The summed E-state index contributed by atoms with van der Waals surface area (Å²) in [6, 6.07) is 8.06. The number of hydrogen-bond acceptors (Lipinski definition) is 5. The molecule has 0 aliphatic carbocycles. The lowest BCUT2D eigenvalue weighted by Gasteiger charge is -2.30. The van der Waals surface area contributed by atoms with Crippen LogP contribution >= 0.6 is 0 Å². The van der Waals surface area contributed by atoms with Crippen LogP contribution < -0.4 is 10.2 Å². The van der Waals surface area contributed by atoms with Gasteiger partial charge in [-0.1, -0.05) is 0 Å². The summed E-state index contributed by atoms with van der Waals surface area (Å²) in [5.41, 5.74) is 2.03. The maximum Gasteiger partial charge on any atom is 0.310 e. The van der Waals surface area contributed by atoms with Crippen LogP contribution in [0.2, 0.25) is 0 Å². The highest BCUT2D eigenvalue weighted by molar-refractivity contribution is 5.92. The predicted octanol–water partition coefficient (Wildman–Crippen LogP) is 2.50. The number of amides is 1. The van der Waals surface area contributed by atoms with Crippen LogP contribution in [0.25, 0.3) is 0 Å². The minimum atomic E-state index is -0.143. The number of nitrogens with zero attached hydrogens (tertiary/aromatic N) is 2. The maximum absolute atomic E-state index is 12.3. The lowest BCUT2D eigenvalue weighted by Crippen LogP contribution is -2.43. The second-order valence-electron chi connectivity index (χ2n) is 7.12. The second-order valence-corrected chi connectivity index (χ2v) is 7.12. The molecule has 2 heterocycles. The summed E-state index contributed by atoms with van der Waals surface area (Å²) < 4.78 is 5.11. The summed E-state index contributed by atoms with van der Waals surface area (Å²) in [6.07, 6.45) is 4.26. The topological polar surface area (TPSA) is 61.9 Å². The average Bonchev–Trinajstić information content (AvgIpc) is 3.17. The molecule has 1 aromatic carbocycles. The monoisotopic (exact) mass is 359 g/mol. The van der Waals surface area contributed by atoms with Crippen molar-refractivity contribution in [3.63, 3.8) is 0 Å². The second kappa shape index (κ2) is 9.03. The number of carbonyl (C=O) groups excluding carboxylic acids is 2. The van der Waals surface area contributed by atoms with Gasteiger partial charge in [0.15, 0.2) is 0 Å². The van der Waals surface area contributed by atoms with Crippen LogP contribution in [0.1, 0.15) is 32.6 Å². The largest absolute Gasteiger partial charge is 0.466 e. The number of nitrogens with one attached hydrogen (secondary N) is 1. The molecule has 2 aliphatic rings. The fourth-order valence-corrected chi connectivity index (χ4v) is 3.79. The van der Waals surface area contributed by atoms with Gasteiger partial charge in [-0.05, 0) is 63.4 Å². The van der Waals surface area contributed by atoms with E-state index in [9.17, 15) is 9.59 Å². The molecule has 0 spiro atoms. The SMILES string of the molecule is CCOC(=O)[C@H]1CCCN(CC(=O)Nc2ccc(N3CCCC3)cc2)C1. The zero-order chi connectivity index (χ0) is 18.4. The van der Waals surface area contributed by atoms with Crippen molar-refractivity contribution in [1.29, 1.82) is 0 Å². The number of carbonyl (C=O) groups is 2. The Bertz CT molecular complexity index is 611. The van der Waals surface area contributed by atoms with E-state index in [1.54, 1.807) is 0 Å². The van der Waals surface area contributed by atoms with Gasteiger partial charge in [0.25, 0.3) is 0 Å². The zero-order valence-corrected chi connectivity index (χ0v) is 15.6. The molecule has 1 N–H and O–H groups in total. The van der Waals surface area contributed by atoms with E-state index in [-0.39, 0.29) is 17.8 Å². The Balaban J connectivity index is 1.48. The van der Waals surface area contributed by atoms with E-state index in [2.05, 4.69) is 22.3 Å². The van der Waals surface area contributed by atoms with Crippen LogP contribution in [0.3, 0.4) is 0 Å². The Morgan fingerprint density at radius 2 is 1.85 bits per heavy atom. The van der Waals surface area contributed by atoms with Crippen LogP contribution in [0, 0.1) is 5.92 Å². The lowest BCUT2D eigenvalue weighted by atomic mass is 9.98. The van der Waals surface area contributed by atoms with Crippen molar-refractivity contribution in [3.05, 3.63) is 24.3 Å². The molecule has 2 saturated heterocycles. The van der Waals surface area contributed by atoms with Crippen molar-refractivity contribution in [1.82, 2.24) is 4.90 Å². The molecule has 6 nitrogen and oxygen atoms in total. The molecule has 0 radical (unpaired) electrons. The first kappa shape index (κ1) is 18.7. The summed E-state index contributed by atoms with van der Waals surface area (Å²) in [6.45, 7) is 6.20. The molecule has 1 aromatic rings. The van der Waals surface area contributed by atoms with E-state index in [0.717, 1.165) is 38.2 Å². The third-order valence-corrected chi connectivity index (χ3v) is 5.11. The minimum absolute atomic E-state index is 0.0385.